The molecule has 6 heteroatoms. The Morgan fingerprint density at radius 1 is 1.57 bits per heavy atom. The van der Waals surface area contributed by atoms with Gasteiger partial charge < -0.3 is 5.73 Å². The van der Waals surface area contributed by atoms with Crippen molar-refractivity contribution in [3.8, 4) is 0 Å². The Balaban J connectivity index is 2.93. The number of halogens is 1. The fraction of sp³-hybridized carbons (Fsp3) is 0.200. The number of allylic oxidation sites excluding steroid dienone is 5. The molecule has 2 aromatic heterocycles. The van der Waals surface area contributed by atoms with Crippen LogP contribution < -0.4 is 11.3 Å². The molecule has 110 valence electrons. The van der Waals surface area contributed by atoms with Crippen LogP contribution in [0.25, 0.3) is 11.2 Å². The minimum absolute atomic E-state index is 0.180. The van der Waals surface area contributed by atoms with Crippen LogP contribution in [0.1, 0.15) is 25.7 Å². The van der Waals surface area contributed by atoms with E-state index in [-0.39, 0.29) is 11.6 Å². The topological polar surface area (TPSA) is 65.3 Å². The van der Waals surface area contributed by atoms with Gasteiger partial charge in [0.15, 0.2) is 5.82 Å². The highest BCUT2D eigenvalue weighted by atomic mass is 79.9. The van der Waals surface area contributed by atoms with Crippen molar-refractivity contribution in [1.29, 1.82) is 0 Å². The zero-order valence-corrected chi connectivity index (χ0v) is 13.5. The molecule has 2 N–H and O–H groups in total. The van der Waals surface area contributed by atoms with Gasteiger partial charge in [-0.25, -0.2) is 4.52 Å². The molecule has 0 aliphatic rings. The maximum atomic E-state index is 12.8. The van der Waals surface area contributed by atoms with Crippen LogP contribution in [-0.4, -0.2) is 14.2 Å². The fourth-order valence-electron chi connectivity index (χ4n) is 2.09. The summed E-state index contributed by atoms with van der Waals surface area (Å²) in [6, 6.07) is 1.40. The molecular weight excluding hydrogens is 332 g/mol. The van der Waals surface area contributed by atoms with Crippen LogP contribution in [-0.2, 0) is 0 Å². The summed E-state index contributed by atoms with van der Waals surface area (Å²) in [4.78, 5) is 12.8. The minimum Gasteiger partial charge on any atom is -0.322 e. The largest absolute Gasteiger partial charge is 0.322 e. The van der Waals surface area contributed by atoms with E-state index in [4.69, 9.17) is 5.73 Å². The van der Waals surface area contributed by atoms with Crippen molar-refractivity contribution in [3.63, 3.8) is 0 Å². The number of rotatable bonds is 4. The Hall–Kier alpha value is -1.92. The van der Waals surface area contributed by atoms with Crippen molar-refractivity contribution in [3.05, 3.63) is 63.8 Å². The molecule has 0 aliphatic carbocycles. The Labute approximate surface area is 131 Å². The summed E-state index contributed by atoms with van der Waals surface area (Å²) in [6.07, 6.45) is 8.78. The van der Waals surface area contributed by atoms with E-state index >= 15 is 0 Å². The molecule has 21 heavy (non-hydrogen) atoms. The average Bonchev–Trinajstić information content (AvgIpc) is 2.80. The predicted octanol–water partition coefficient (Wildman–Crippen LogP) is 2.88. The van der Waals surface area contributed by atoms with E-state index in [0.717, 1.165) is 0 Å². The summed E-state index contributed by atoms with van der Waals surface area (Å²) in [6.45, 7) is 7.37. The van der Waals surface area contributed by atoms with Gasteiger partial charge >= 0.3 is 0 Å². The third-order valence-electron chi connectivity index (χ3n) is 2.95. The summed E-state index contributed by atoms with van der Waals surface area (Å²) < 4.78 is 3.76. The SMILES string of the molecule is C=C/C=C(\C=C/C)n1c(C(C)N)nn2ccc(Br)c2c1=O. The minimum atomic E-state index is -0.387. The maximum absolute atomic E-state index is 12.8. The molecule has 2 heterocycles. The summed E-state index contributed by atoms with van der Waals surface area (Å²) in [5.74, 6) is 0.488. The zero-order valence-electron chi connectivity index (χ0n) is 12.0. The van der Waals surface area contributed by atoms with E-state index in [2.05, 4.69) is 27.6 Å². The first-order valence-corrected chi connectivity index (χ1v) is 7.31. The van der Waals surface area contributed by atoms with Crippen molar-refractivity contribution >= 4 is 27.1 Å². The lowest BCUT2D eigenvalue weighted by Crippen LogP contribution is -2.30. The predicted molar refractivity (Wildman–Crippen MR) is 89.0 cm³/mol. The van der Waals surface area contributed by atoms with Gasteiger partial charge in [-0.15, -0.1) is 0 Å². The second-order valence-corrected chi connectivity index (χ2v) is 5.43. The molecule has 0 amide bonds. The Morgan fingerprint density at radius 3 is 2.86 bits per heavy atom. The molecule has 0 aromatic carbocycles. The standard InChI is InChI=1S/C15H17BrN4O/c1-4-6-11(7-5-2)20-14(10(3)17)18-19-9-8-12(16)13(19)15(20)21/h4-10H,1,17H2,2-3H3/b7-5-,11-6+. The normalized spacial score (nSPS) is 14.0. The smallest absolute Gasteiger partial charge is 0.283 e. The van der Waals surface area contributed by atoms with Crippen LogP contribution in [0.2, 0.25) is 0 Å². The third kappa shape index (κ3) is 2.77. The second-order valence-electron chi connectivity index (χ2n) is 4.57. The summed E-state index contributed by atoms with van der Waals surface area (Å²) in [5, 5.41) is 4.46. The second kappa shape index (κ2) is 6.24. The molecular formula is C15H17BrN4O. The van der Waals surface area contributed by atoms with Crippen molar-refractivity contribution in [2.75, 3.05) is 0 Å². The molecule has 0 saturated heterocycles. The van der Waals surface area contributed by atoms with Crippen LogP contribution >= 0.6 is 15.9 Å². The van der Waals surface area contributed by atoms with Gasteiger partial charge in [-0.1, -0.05) is 18.7 Å². The zero-order chi connectivity index (χ0) is 15.6. The number of hydrogen-bond acceptors (Lipinski definition) is 3. The Kier molecular flexibility index (Phi) is 4.59. The Morgan fingerprint density at radius 2 is 2.29 bits per heavy atom. The van der Waals surface area contributed by atoms with E-state index in [1.165, 1.54) is 4.57 Å². The lowest BCUT2D eigenvalue weighted by atomic mass is 10.2. The quantitative estimate of drug-likeness (QED) is 0.864. The van der Waals surface area contributed by atoms with Crippen molar-refractivity contribution in [2.24, 2.45) is 5.73 Å². The van der Waals surface area contributed by atoms with Gasteiger partial charge in [0.2, 0.25) is 0 Å². The average molecular weight is 349 g/mol. The lowest BCUT2D eigenvalue weighted by Gasteiger charge is -2.15. The number of aromatic nitrogens is 3. The van der Waals surface area contributed by atoms with Crippen molar-refractivity contribution in [2.45, 2.75) is 19.9 Å². The summed E-state index contributed by atoms with van der Waals surface area (Å²) in [7, 11) is 0. The third-order valence-corrected chi connectivity index (χ3v) is 3.59. The summed E-state index contributed by atoms with van der Waals surface area (Å²) in [5.41, 5.74) is 6.95. The monoisotopic (exact) mass is 348 g/mol. The fourth-order valence-corrected chi connectivity index (χ4v) is 2.56. The van der Waals surface area contributed by atoms with E-state index in [9.17, 15) is 4.79 Å². The van der Waals surface area contributed by atoms with Gasteiger partial charge in [-0.05, 0) is 48.0 Å². The molecule has 0 aliphatic heterocycles. The molecule has 0 bridgehead atoms. The molecule has 2 aromatic rings. The highest BCUT2D eigenvalue weighted by molar-refractivity contribution is 9.10. The Bertz CT molecular complexity index is 796. The maximum Gasteiger partial charge on any atom is 0.283 e. The van der Waals surface area contributed by atoms with Gasteiger partial charge in [-0.2, -0.15) is 5.10 Å². The van der Waals surface area contributed by atoms with Gasteiger partial charge in [0.1, 0.15) is 5.52 Å². The van der Waals surface area contributed by atoms with Crippen LogP contribution in [0.3, 0.4) is 0 Å². The van der Waals surface area contributed by atoms with Gasteiger partial charge in [0.25, 0.3) is 5.56 Å². The molecule has 1 atom stereocenters. The van der Waals surface area contributed by atoms with E-state index < -0.39 is 0 Å². The molecule has 0 radical (unpaired) electrons. The van der Waals surface area contributed by atoms with Gasteiger partial charge in [0.05, 0.1) is 16.2 Å². The number of fused-ring (bicyclic) bond motifs is 1. The molecule has 0 spiro atoms. The number of nitrogens with zero attached hydrogens (tertiary/aromatic N) is 3. The van der Waals surface area contributed by atoms with E-state index in [1.54, 1.807) is 35.9 Å². The molecule has 2 rings (SSSR count). The molecule has 0 fully saturated rings. The first-order valence-electron chi connectivity index (χ1n) is 6.52. The van der Waals surface area contributed by atoms with Gasteiger partial charge in [0, 0.05) is 6.20 Å². The molecule has 0 saturated carbocycles. The van der Waals surface area contributed by atoms with Crippen LogP contribution in [0, 0.1) is 0 Å². The lowest BCUT2D eigenvalue weighted by molar-refractivity contribution is 0.654. The highest BCUT2D eigenvalue weighted by Gasteiger charge is 2.17. The van der Waals surface area contributed by atoms with Crippen molar-refractivity contribution < 1.29 is 0 Å². The van der Waals surface area contributed by atoms with Crippen LogP contribution in [0.4, 0.5) is 0 Å². The van der Waals surface area contributed by atoms with Gasteiger partial charge in [-0.3, -0.25) is 9.36 Å². The molecule has 1 unspecified atom stereocenters. The first kappa shape index (κ1) is 15.5. The van der Waals surface area contributed by atoms with Crippen LogP contribution in [0.5, 0.6) is 0 Å². The first-order chi connectivity index (χ1) is 10.0. The van der Waals surface area contributed by atoms with Crippen molar-refractivity contribution in [1.82, 2.24) is 14.2 Å². The summed E-state index contributed by atoms with van der Waals surface area (Å²) >= 11 is 3.38. The number of nitrogens with two attached hydrogens (primary N) is 1. The number of hydrogen-bond donors (Lipinski definition) is 1. The molecule has 5 nitrogen and oxygen atoms in total. The van der Waals surface area contributed by atoms with E-state index in [1.807, 2.05) is 19.1 Å². The highest BCUT2D eigenvalue weighted by Crippen LogP contribution is 2.18. The van der Waals surface area contributed by atoms with Crippen LogP contribution in [0.15, 0.2) is 52.4 Å². The van der Waals surface area contributed by atoms with E-state index in [0.29, 0.717) is 21.5 Å².